The van der Waals surface area contributed by atoms with Crippen LogP contribution in [0.15, 0.2) is 47.1 Å². The van der Waals surface area contributed by atoms with Gasteiger partial charge >= 0.3 is 5.97 Å². The van der Waals surface area contributed by atoms with Crippen LogP contribution in [0, 0.1) is 0 Å². The zero-order chi connectivity index (χ0) is 13.2. The van der Waals surface area contributed by atoms with Gasteiger partial charge in [-0.1, -0.05) is 0 Å². The molecule has 0 aliphatic carbocycles. The molecular weight excluding hydrogens is 244 g/mol. The van der Waals surface area contributed by atoms with Crippen LogP contribution < -0.4 is 0 Å². The Morgan fingerprint density at radius 1 is 1.32 bits per heavy atom. The van der Waals surface area contributed by atoms with E-state index in [2.05, 4.69) is 14.7 Å². The highest BCUT2D eigenvalue weighted by molar-refractivity contribution is 5.93. The van der Waals surface area contributed by atoms with E-state index in [0.29, 0.717) is 22.6 Å². The van der Waals surface area contributed by atoms with Crippen LogP contribution in [-0.2, 0) is 4.74 Å². The van der Waals surface area contributed by atoms with Crippen LogP contribution >= 0.6 is 0 Å². The van der Waals surface area contributed by atoms with Crippen LogP contribution in [0.25, 0.3) is 22.6 Å². The minimum Gasteiger partial charge on any atom is -0.465 e. The molecule has 0 unspecified atom stereocenters. The van der Waals surface area contributed by atoms with Crippen molar-refractivity contribution in [1.82, 2.24) is 9.97 Å². The third-order valence-electron chi connectivity index (χ3n) is 2.72. The number of hydrogen-bond donors (Lipinski definition) is 0. The maximum atomic E-state index is 11.4. The SMILES string of the molecule is COC(=O)c1ccc2oc(-c3cccnc3)nc2c1. The maximum Gasteiger partial charge on any atom is 0.337 e. The molecule has 0 bridgehead atoms. The fraction of sp³-hybridized carbons (Fsp3) is 0.0714. The number of rotatable bonds is 2. The van der Waals surface area contributed by atoms with Crippen molar-refractivity contribution in [2.75, 3.05) is 7.11 Å². The van der Waals surface area contributed by atoms with Gasteiger partial charge in [-0.2, -0.15) is 0 Å². The second kappa shape index (κ2) is 4.53. The van der Waals surface area contributed by atoms with Crippen molar-refractivity contribution in [3.8, 4) is 11.5 Å². The molecular formula is C14H10N2O3. The van der Waals surface area contributed by atoms with Gasteiger partial charge in [-0.15, -0.1) is 0 Å². The molecule has 1 aromatic carbocycles. The first-order valence-electron chi connectivity index (χ1n) is 5.67. The molecule has 94 valence electrons. The summed E-state index contributed by atoms with van der Waals surface area (Å²) < 4.78 is 10.3. The molecule has 19 heavy (non-hydrogen) atoms. The zero-order valence-corrected chi connectivity index (χ0v) is 10.2. The van der Waals surface area contributed by atoms with E-state index in [1.54, 1.807) is 30.6 Å². The standard InChI is InChI=1S/C14H10N2O3/c1-18-14(17)9-4-5-12-11(7-9)16-13(19-12)10-3-2-6-15-8-10/h2-8H,1H3. The highest BCUT2D eigenvalue weighted by atomic mass is 16.5. The van der Waals surface area contributed by atoms with E-state index in [0.717, 1.165) is 5.56 Å². The van der Waals surface area contributed by atoms with E-state index >= 15 is 0 Å². The number of nitrogens with zero attached hydrogens (tertiary/aromatic N) is 2. The molecule has 3 aromatic rings. The number of carbonyl (C=O) groups is 1. The molecule has 0 radical (unpaired) electrons. The molecule has 0 saturated heterocycles. The predicted octanol–water partition coefficient (Wildman–Crippen LogP) is 2.68. The third kappa shape index (κ3) is 2.06. The Morgan fingerprint density at radius 3 is 2.95 bits per heavy atom. The summed E-state index contributed by atoms with van der Waals surface area (Å²) >= 11 is 0. The molecule has 0 N–H and O–H groups in total. The molecule has 2 aromatic heterocycles. The van der Waals surface area contributed by atoms with Gasteiger partial charge in [0.1, 0.15) is 5.52 Å². The summed E-state index contributed by atoms with van der Waals surface area (Å²) in [6.45, 7) is 0. The van der Waals surface area contributed by atoms with Crippen molar-refractivity contribution < 1.29 is 13.9 Å². The number of pyridine rings is 1. The molecule has 5 nitrogen and oxygen atoms in total. The van der Waals surface area contributed by atoms with Crippen molar-refractivity contribution in [2.24, 2.45) is 0 Å². The average molecular weight is 254 g/mol. The lowest BCUT2D eigenvalue weighted by atomic mass is 10.2. The summed E-state index contributed by atoms with van der Waals surface area (Å²) in [5.41, 5.74) is 2.47. The number of hydrogen-bond acceptors (Lipinski definition) is 5. The van der Waals surface area contributed by atoms with Gasteiger partial charge in [-0.3, -0.25) is 4.98 Å². The quantitative estimate of drug-likeness (QED) is 0.658. The van der Waals surface area contributed by atoms with Crippen LogP contribution in [0.2, 0.25) is 0 Å². The van der Waals surface area contributed by atoms with Gasteiger partial charge in [0.2, 0.25) is 5.89 Å². The van der Waals surface area contributed by atoms with E-state index in [4.69, 9.17) is 4.42 Å². The molecule has 0 aliphatic heterocycles. The number of benzene rings is 1. The monoisotopic (exact) mass is 254 g/mol. The molecule has 0 spiro atoms. The molecule has 0 saturated carbocycles. The summed E-state index contributed by atoms with van der Waals surface area (Å²) in [6.07, 6.45) is 3.35. The minimum absolute atomic E-state index is 0.396. The smallest absolute Gasteiger partial charge is 0.337 e. The number of esters is 1. The average Bonchev–Trinajstić information content (AvgIpc) is 2.90. The summed E-state index contributed by atoms with van der Waals surface area (Å²) in [5.74, 6) is 0.0814. The summed E-state index contributed by atoms with van der Waals surface area (Å²) in [6, 6.07) is 8.66. The van der Waals surface area contributed by atoms with Crippen molar-refractivity contribution >= 4 is 17.1 Å². The topological polar surface area (TPSA) is 65.2 Å². The molecule has 2 heterocycles. The van der Waals surface area contributed by atoms with Gasteiger partial charge in [-0.25, -0.2) is 9.78 Å². The Morgan fingerprint density at radius 2 is 2.21 bits per heavy atom. The Balaban J connectivity index is 2.09. The number of ether oxygens (including phenoxy) is 1. The van der Waals surface area contributed by atoms with Crippen LogP contribution in [0.5, 0.6) is 0 Å². The largest absolute Gasteiger partial charge is 0.465 e. The number of methoxy groups -OCH3 is 1. The van der Waals surface area contributed by atoms with E-state index in [1.807, 2.05) is 12.1 Å². The maximum absolute atomic E-state index is 11.4. The molecule has 0 amide bonds. The predicted molar refractivity (Wildman–Crippen MR) is 68.6 cm³/mol. The normalized spacial score (nSPS) is 10.6. The molecule has 0 atom stereocenters. The van der Waals surface area contributed by atoms with Crippen molar-refractivity contribution in [2.45, 2.75) is 0 Å². The summed E-state index contributed by atoms with van der Waals surface area (Å²) in [7, 11) is 1.34. The van der Waals surface area contributed by atoms with Gasteiger partial charge in [0.25, 0.3) is 0 Å². The zero-order valence-electron chi connectivity index (χ0n) is 10.2. The number of carbonyl (C=O) groups excluding carboxylic acids is 1. The highest BCUT2D eigenvalue weighted by Crippen LogP contribution is 2.24. The first kappa shape index (κ1) is 11.4. The van der Waals surface area contributed by atoms with Gasteiger partial charge in [-0.05, 0) is 30.3 Å². The first-order valence-corrected chi connectivity index (χ1v) is 5.67. The van der Waals surface area contributed by atoms with Gasteiger partial charge in [0, 0.05) is 12.4 Å². The molecule has 0 aliphatic rings. The van der Waals surface area contributed by atoms with Crippen LogP contribution in [0.1, 0.15) is 10.4 Å². The van der Waals surface area contributed by atoms with Gasteiger partial charge in [0.15, 0.2) is 5.58 Å². The Labute approximate surface area is 108 Å². The van der Waals surface area contributed by atoms with E-state index < -0.39 is 5.97 Å². The summed E-state index contributed by atoms with van der Waals surface area (Å²) in [4.78, 5) is 19.8. The van der Waals surface area contributed by atoms with E-state index in [9.17, 15) is 4.79 Å². The fourth-order valence-electron chi connectivity index (χ4n) is 1.78. The van der Waals surface area contributed by atoms with E-state index in [-0.39, 0.29) is 0 Å². The second-order valence-corrected chi connectivity index (χ2v) is 3.93. The lowest BCUT2D eigenvalue weighted by molar-refractivity contribution is 0.0601. The van der Waals surface area contributed by atoms with Gasteiger partial charge < -0.3 is 9.15 Å². The first-order chi connectivity index (χ1) is 9.28. The molecule has 5 heteroatoms. The molecule has 0 fully saturated rings. The number of fused-ring (bicyclic) bond motifs is 1. The Kier molecular flexibility index (Phi) is 2.72. The fourth-order valence-corrected chi connectivity index (χ4v) is 1.78. The van der Waals surface area contributed by atoms with E-state index in [1.165, 1.54) is 7.11 Å². The highest BCUT2D eigenvalue weighted by Gasteiger charge is 2.11. The second-order valence-electron chi connectivity index (χ2n) is 3.93. The summed E-state index contributed by atoms with van der Waals surface area (Å²) in [5, 5.41) is 0. The third-order valence-corrected chi connectivity index (χ3v) is 2.72. The molecule has 3 rings (SSSR count). The Bertz CT molecular complexity index is 735. The van der Waals surface area contributed by atoms with Crippen LogP contribution in [0.3, 0.4) is 0 Å². The van der Waals surface area contributed by atoms with Crippen molar-refractivity contribution in [3.63, 3.8) is 0 Å². The lowest BCUT2D eigenvalue weighted by Crippen LogP contribution is -2.00. The number of oxazole rings is 1. The van der Waals surface area contributed by atoms with Crippen LogP contribution in [-0.4, -0.2) is 23.0 Å². The lowest BCUT2D eigenvalue weighted by Gasteiger charge is -1.96. The van der Waals surface area contributed by atoms with Gasteiger partial charge in [0.05, 0.1) is 18.2 Å². The number of aromatic nitrogens is 2. The van der Waals surface area contributed by atoms with Crippen LogP contribution in [0.4, 0.5) is 0 Å². The van der Waals surface area contributed by atoms with Crippen molar-refractivity contribution in [3.05, 3.63) is 48.3 Å². The van der Waals surface area contributed by atoms with Crippen molar-refractivity contribution in [1.29, 1.82) is 0 Å². The Hall–Kier alpha value is -2.69. The minimum atomic E-state index is -0.396.